The summed E-state index contributed by atoms with van der Waals surface area (Å²) in [5.41, 5.74) is 1.52. The predicted molar refractivity (Wildman–Crippen MR) is 157 cm³/mol. The Balaban J connectivity index is 0.0000122. The van der Waals surface area contributed by atoms with Gasteiger partial charge in [-0.05, 0) is 50.5 Å². The van der Waals surface area contributed by atoms with E-state index in [2.05, 4.69) is 55.1 Å². The summed E-state index contributed by atoms with van der Waals surface area (Å²) < 4.78 is 2.38. The topological polar surface area (TPSA) is 3.88 Å². The van der Waals surface area contributed by atoms with E-state index in [0.29, 0.717) is 0 Å². The molecule has 0 aromatic carbocycles. The van der Waals surface area contributed by atoms with Gasteiger partial charge in [-0.25, -0.2) is 4.57 Å². The average molecular weight is 520 g/mol. The molecular weight excluding hydrogens is 458 g/mol. The average Bonchev–Trinajstić information content (AvgIpc) is 2.88. The van der Waals surface area contributed by atoms with Crippen LogP contribution in [0.25, 0.3) is 0 Å². The molecule has 0 atom stereocenters. The number of hydrogen-bond acceptors (Lipinski definition) is 0. The van der Waals surface area contributed by atoms with Crippen LogP contribution in [0, 0.1) is 0 Å². The third-order valence-electron chi connectivity index (χ3n) is 7.46. The summed E-state index contributed by atoms with van der Waals surface area (Å²) in [5, 5.41) is 0. The SMILES string of the molecule is CCCCCCCC/C=C\CCCCCCCC[n+]1ccc(CCCCCCCCCCC)cc1.[Cl-]. The summed E-state index contributed by atoms with van der Waals surface area (Å²) in [6.45, 7) is 5.77. The monoisotopic (exact) mass is 519 g/mol. The molecule has 1 aromatic heterocycles. The summed E-state index contributed by atoms with van der Waals surface area (Å²) in [6, 6.07) is 4.70. The van der Waals surface area contributed by atoms with Gasteiger partial charge in [-0.15, -0.1) is 0 Å². The number of pyridine rings is 1. The molecule has 0 saturated heterocycles. The van der Waals surface area contributed by atoms with Crippen molar-refractivity contribution in [3.63, 3.8) is 0 Å². The van der Waals surface area contributed by atoms with Gasteiger partial charge in [-0.1, -0.05) is 129 Å². The number of halogens is 1. The van der Waals surface area contributed by atoms with Gasteiger partial charge in [-0.2, -0.15) is 0 Å². The van der Waals surface area contributed by atoms with Gasteiger partial charge in [0.25, 0.3) is 0 Å². The Hall–Kier alpha value is -0.820. The summed E-state index contributed by atoms with van der Waals surface area (Å²) >= 11 is 0. The Kier molecular flexibility index (Phi) is 28.1. The van der Waals surface area contributed by atoms with Crippen LogP contribution in [-0.4, -0.2) is 0 Å². The van der Waals surface area contributed by atoms with Gasteiger partial charge in [-0.3, -0.25) is 0 Å². The first kappa shape index (κ1) is 35.2. The van der Waals surface area contributed by atoms with E-state index in [1.807, 2.05) is 0 Å². The van der Waals surface area contributed by atoms with Crippen molar-refractivity contribution in [3.8, 4) is 0 Å². The molecule has 0 N–H and O–H groups in total. The molecule has 36 heavy (non-hydrogen) atoms. The van der Waals surface area contributed by atoms with Crippen LogP contribution in [0.4, 0.5) is 0 Å². The normalized spacial score (nSPS) is 11.3. The lowest BCUT2D eigenvalue weighted by Gasteiger charge is -2.03. The minimum absolute atomic E-state index is 0. The molecule has 1 rings (SSSR count). The summed E-state index contributed by atoms with van der Waals surface area (Å²) in [6.07, 6.45) is 42.8. The minimum Gasteiger partial charge on any atom is -1.00 e. The van der Waals surface area contributed by atoms with Crippen LogP contribution >= 0.6 is 0 Å². The van der Waals surface area contributed by atoms with Gasteiger partial charge in [0.15, 0.2) is 12.4 Å². The molecule has 0 amide bonds. The fourth-order valence-electron chi connectivity index (χ4n) is 4.99. The number of allylic oxidation sites excluding steroid dienone is 2. The summed E-state index contributed by atoms with van der Waals surface area (Å²) in [4.78, 5) is 0. The van der Waals surface area contributed by atoms with E-state index in [9.17, 15) is 0 Å². The Morgan fingerprint density at radius 3 is 1.36 bits per heavy atom. The first-order valence-electron chi connectivity index (χ1n) is 16.0. The van der Waals surface area contributed by atoms with Crippen molar-refractivity contribution in [2.75, 3.05) is 0 Å². The molecule has 2 heteroatoms. The number of unbranched alkanes of at least 4 members (excludes halogenated alkanes) is 20. The highest BCUT2D eigenvalue weighted by atomic mass is 35.5. The maximum absolute atomic E-state index is 2.43. The fourth-order valence-corrected chi connectivity index (χ4v) is 4.99. The van der Waals surface area contributed by atoms with Crippen molar-refractivity contribution in [1.29, 1.82) is 0 Å². The van der Waals surface area contributed by atoms with E-state index < -0.39 is 0 Å². The van der Waals surface area contributed by atoms with Crippen LogP contribution in [0.2, 0.25) is 0 Å². The summed E-state index contributed by atoms with van der Waals surface area (Å²) in [5.74, 6) is 0. The van der Waals surface area contributed by atoms with Crippen LogP contribution in [0.3, 0.4) is 0 Å². The van der Waals surface area contributed by atoms with Gasteiger partial charge in [0.05, 0.1) is 0 Å². The lowest BCUT2D eigenvalue weighted by molar-refractivity contribution is -0.697. The van der Waals surface area contributed by atoms with Gasteiger partial charge in [0.1, 0.15) is 6.54 Å². The highest BCUT2D eigenvalue weighted by Crippen LogP contribution is 2.12. The molecule has 210 valence electrons. The summed E-state index contributed by atoms with van der Waals surface area (Å²) in [7, 11) is 0. The van der Waals surface area contributed by atoms with Crippen LogP contribution in [-0.2, 0) is 13.0 Å². The molecule has 0 fully saturated rings. The molecule has 1 aromatic rings. The number of aryl methyl sites for hydroxylation is 2. The zero-order valence-electron chi connectivity index (χ0n) is 24.5. The van der Waals surface area contributed by atoms with Crippen molar-refractivity contribution in [3.05, 3.63) is 42.2 Å². The quantitative estimate of drug-likeness (QED) is 0.0661. The van der Waals surface area contributed by atoms with Crippen molar-refractivity contribution in [2.24, 2.45) is 0 Å². The van der Waals surface area contributed by atoms with E-state index in [-0.39, 0.29) is 12.4 Å². The van der Waals surface area contributed by atoms with Gasteiger partial charge < -0.3 is 12.4 Å². The van der Waals surface area contributed by atoms with E-state index >= 15 is 0 Å². The number of hydrogen-bond donors (Lipinski definition) is 0. The highest BCUT2D eigenvalue weighted by Gasteiger charge is 2.02. The molecule has 0 saturated carbocycles. The first-order chi connectivity index (χ1) is 17.4. The maximum Gasteiger partial charge on any atom is 0.169 e. The Labute approximate surface area is 233 Å². The minimum atomic E-state index is 0. The van der Waals surface area contributed by atoms with Crippen molar-refractivity contribution in [1.82, 2.24) is 0 Å². The van der Waals surface area contributed by atoms with Crippen LogP contribution in [0.1, 0.15) is 167 Å². The standard InChI is InChI=1S/C34H62N.ClH/c1-3-5-7-9-11-13-14-15-16-17-18-19-21-23-25-27-31-35-32-29-34(30-33-35)28-26-24-22-20-12-10-8-6-4-2;/h15-16,29-30,32-33H,3-14,17-28,31H2,1-2H3;1H/q+1;/p-1/b16-15-;. The molecule has 0 spiro atoms. The first-order valence-corrected chi connectivity index (χ1v) is 16.0. The highest BCUT2D eigenvalue weighted by molar-refractivity contribution is 5.07. The number of nitrogens with zero attached hydrogens (tertiary/aromatic N) is 1. The molecule has 0 aliphatic heterocycles. The molecule has 0 bridgehead atoms. The second-order valence-electron chi connectivity index (χ2n) is 11.0. The van der Waals surface area contributed by atoms with Gasteiger partial charge in [0, 0.05) is 18.6 Å². The van der Waals surface area contributed by atoms with Crippen LogP contribution in [0.5, 0.6) is 0 Å². The number of aromatic nitrogens is 1. The maximum atomic E-state index is 2.43. The lowest BCUT2D eigenvalue weighted by Crippen LogP contribution is -3.00. The zero-order chi connectivity index (χ0) is 25.1. The van der Waals surface area contributed by atoms with Crippen molar-refractivity contribution in [2.45, 2.75) is 174 Å². The zero-order valence-corrected chi connectivity index (χ0v) is 25.2. The molecule has 0 unspecified atom stereocenters. The second kappa shape index (κ2) is 28.7. The lowest BCUT2D eigenvalue weighted by atomic mass is 10.0. The van der Waals surface area contributed by atoms with Gasteiger partial charge in [0.2, 0.25) is 0 Å². The number of rotatable bonds is 26. The molecule has 1 heterocycles. The molecule has 0 aliphatic rings. The van der Waals surface area contributed by atoms with Crippen molar-refractivity contribution < 1.29 is 17.0 Å². The smallest absolute Gasteiger partial charge is 0.169 e. The van der Waals surface area contributed by atoms with Crippen LogP contribution < -0.4 is 17.0 Å². The fraction of sp³-hybridized carbons (Fsp3) is 0.794. The van der Waals surface area contributed by atoms with Crippen LogP contribution in [0.15, 0.2) is 36.7 Å². The van der Waals surface area contributed by atoms with E-state index in [1.165, 1.54) is 166 Å². The Bertz CT molecular complexity index is 565. The molecule has 0 radical (unpaired) electrons. The molecule has 1 nitrogen and oxygen atoms in total. The molecular formula is C34H62ClN. The predicted octanol–water partition coefficient (Wildman–Crippen LogP) is 8.09. The third-order valence-corrected chi connectivity index (χ3v) is 7.46. The third kappa shape index (κ3) is 23.6. The second-order valence-corrected chi connectivity index (χ2v) is 11.0. The van der Waals surface area contributed by atoms with Crippen molar-refractivity contribution >= 4 is 0 Å². The largest absolute Gasteiger partial charge is 1.00 e. The van der Waals surface area contributed by atoms with E-state index in [4.69, 9.17) is 0 Å². The Morgan fingerprint density at radius 1 is 0.500 bits per heavy atom. The Morgan fingerprint density at radius 2 is 0.889 bits per heavy atom. The molecule has 0 aliphatic carbocycles. The van der Waals surface area contributed by atoms with E-state index in [0.717, 1.165) is 0 Å². The van der Waals surface area contributed by atoms with Gasteiger partial charge >= 0.3 is 0 Å². The van der Waals surface area contributed by atoms with E-state index in [1.54, 1.807) is 0 Å².